The van der Waals surface area contributed by atoms with Crippen molar-refractivity contribution in [1.29, 1.82) is 0 Å². The van der Waals surface area contributed by atoms with Crippen molar-refractivity contribution in [2.24, 2.45) is 0 Å². The highest BCUT2D eigenvalue weighted by atomic mass is 32.1. The van der Waals surface area contributed by atoms with E-state index in [0.29, 0.717) is 5.69 Å². The smallest absolute Gasteiger partial charge is 0.277 e. The number of benzene rings is 1. The van der Waals surface area contributed by atoms with E-state index >= 15 is 0 Å². The zero-order chi connectivity index (χ0) is 16.4. The first-order valence-electron chi connectivity index (χ1n) is 7.06. The minimum atomic E-state index is -0.431. The molecule has 0 saturated heterocycles. The van der Waals surface area contributed by atoms with Gasteiger partial charge in [0.15, 0.2) is 0 Å². The Morgan fingerprint density at radius 2 is 2.17 bits per heavy atom. The molecule has 0 aliphatic carbocycles. The fourth-order valence-corrected chi connectivity index (χ4v) is 3.08. The number of nitrogens with zero attached hydrogens (tertiary/aromatic N) is 2. The van der Waals surface area contributed by atoms with Crippen molar-refractivity contribution in [3.63, 3.8) is 0 Å². The topological polar surface area (TPSA) is 82.5 Å². The van der Waals surface area contributed by atoms with E-state index in [1.54, 1.807) is 11.3 Å². The van der Waals surface area contributed by atoms with E-state index in [-0.39, 0.29) is 18.8 Å². The van der Waals surface area contributed by atoms with E-state index in [9.17, 15) is 9.59 Å². The van der Waals surface area contributed by atoms with Crippen LogP contribution in [-0.2, 0) is 9.59 Å². The summed E-state index contributed by atoms with van der Waals surface area (Å²) in [5, 5.41) is 14.8. The lowest BCUT2D eigenvalue weighted by atomic mass is 10.2. The van der Waals surface area contributed by atoms with Gasteiger partial charge in [-0.25, -0.2) is 4.98 Å². The van der Waals surface area contributed by atoms with Crippen LogP contribution in [0.4, 0.5) is 5.69 Å². The van der Waals surface area contributed by atoms with Gasteiger partial charge in [-0.2, -0.15) is 0 Å². The largest absolute Gasteiger partial charge is 0.395 e. The molecule has 1 aromatic carbocycles. The summed E-state index contributed by atoms with van der Waals surface area (Å²) >= 11 is 1.55. The van der Waals surface area contributed by atoms with Crippen LogP contribution < -0.4 is 5.32 Å². The van der Waals surface area contributed by atoms with Gasteiger partial charge in [-0.15, -0.1) is 11.3 Å². The molecule has 0 spiro atoms. The van der Waals surface area contributed by atoms with Crippen LogP contribution in [0.15, 0.2) is 41.4 Å². The maximum atomic E-state index is 12.1. The number of amides is 2. The summed E-state index contributed by atoms with van der Waals surface area (Å²) in [5.74, 6) is -0.849. The molecule has 1 aliphatic rings. The monoisotopic (exact) mass is 329 g/mol. The average molecular weight is 329 g/mol. The van der Waals surface area contributed by atoms with Crippen LogP contribution in [0.1, 0.15) is 5.69 Å². The first-order chi connectivity index (χ1) is 11.1. The number of carbonyl (C=O) groups excluding carboxylic acids is 2. The number of aliphatic hydroxyl groups excluding tert-OH is 1. The summed E-state index contributed by atoms with van der Waals surface area (Å²) in [6, 6.07) is 7.50. The van der Waals surface area contributed by atoms with Crippen molar-refractivity contribution in [2.75, 3.05) is 18.5 Å². The van der Waals surface area contributed by atoms with E-state index in [0.717, 1.165) is 21.2 Å². The molecule has 1 aliphatic heterocycles. The van der Waals surface area contributed by atoms with E-state index in [2.05, 4.69) is 10.3 Å². The first-order valence-corrected chi connectivity index (χ1v) is 7.94. The van der Waals surface area contributed by atoms with Crippen LogP contribution in [0.3, 0.4) is 0 Å². The van der Waals surface area contributed by atoms with Crippen molar-refractivity contribution in [3.05, 3.63) is 47.1 Å². The number of hydrogen-bond donors (Lipinski definition) is 2. The molecular formula is C16H15N3O3S. The Bertz CT molecular complexity index is 797. The minimum Gasteiger partial charge on any atom is -0.395 e. The first kappa shape index (κ1) is 15.4. The molecule has 0 saturated carbocycles. The normalized spacial score (nSPS) is 14.3. The standard InChI is InChI=1S/C16H15N3O3S/c1-10-9-23-15(17-10)11-3-2-4-12(7-11)18-13-8-14(21)19(5-6-20)16(13)22/h2-4,7-9,18,20H,5-6H2,1H3. The van der Waals surface area contributed by atoms with E-state index in [1.807, 2.05) is 36.6 Å². The third-order valence-electron chi connectivity index (χ3n) is 3.34. The Morgan fingerprint density at radius 1 is 1.35 bits per heavy atom. The Labute approximate surface area is 137 Å². The molecule has 2 heterocycles. The second-order valence-electron chi connectivity index (χ2n) is 5.08. The van der Waals surface area contributed by atoms with Crippen molar-refractivity contribution < 1.29 is 14.7 Å². The lowest BCUT2D eigenvalue weighted by Crippen LogP contribution is -2.34. The second kappa shape index (κ2) is 6.31. The SMILES string of the molecule is Cc1csc(-c2cccc(NC3=CC(=O)N(CCO)C3=O)c2)n1. The Kier molecular flexibility index (Phi) is 4.22. The average Bonchev–Trinajstić information content (AvgIpc) is 3.07. The van der Waals surface area contributed by atoms with Gasteiger partial charge < -0.3 is 10.4 Å². The highest BCUT2D eigenvalue weighted by Gasteiger charge is 2.30. The number of nitrogens with one attached hydrogen (secondary N) is 1. The molecule has 2 aromatic rings. The van der Waals surface area contributed by atoms with E-state index in [4.69, 9.17) is 5.11 Å². The van der Waals surface area contributed by atoms with Crippen molar-refractivity contribution in [1.82, 2.24) is 9.88 Å². The third-order valence-corrected chi connectivity index (χ3v) is 4.35. The number of rotatable bonds is 5. The number of hydrogen-bond acceptors (Lipinski definition) is 6. The molecule has 0 unspecified atom stereocenters. The van der Waals surface area contributed by atoms with Gasteiger partial charge in [-0.05, 0) is 19.1 Å². The summed E-state index contributed by atoms with van der Waals surface area (Å²) in [7, 11) is 0. The van der Waals surface area contributed by atoms with Crippen molar-refractivity contribution in [3.8, 4) is 10.6 Å². The minimum absolute atomic E-state index is 0.00220. The number of aliphatic hydroxyl groups is 1. The molecule has 2 amide bonds. The number of aryl methyl sites for hydroxylation is 1. The Morgan fingerprint density at radius 3 is 2.87 bits per heavy atom. The fraction of sp³-hybridized carbons (Fsp3) is 0.188. The summed E-state index contributed by atoms with van der Waals surface area (Å²) in [5.41, 5.74) is 2.81. The molecule has 0 atom stereocenters. The number of carbonyl (C=O) groups is 2. The molecule has 7 heteroatoms. The van der Waals surface area contributed by atoms with Crippen LogP contribution in [-0.4, -0.2) is 40.0 Å². The van der Waals surface area contributed by atoms with Crippen molar-refractivity contribution in [2.45, 2.75) is 6.92 Å². The lowest BCUT2D eigenvalue weighted by molar-refractivity contribution is -0.137. The molecule has 0 bridgehead atoms. The number of imide groups is 1. The van der Waals surface area contributed by atoms with Gasteiger partial charge in [0.1, 0.15) is 10.7 Å². The highest BCUT2D eigenvalue weighted by molar-refractivity contribution is 7.13. The van der Waals surface area contributed by atoms with Crippen LogP contribution in [0, 0.1) is 6.92 Å². The van der Waals surface area contributed by atoms with Gasteiger partial charge in [0.25, 0.3) is 11.8 Å². The summed E-state index contributed by atoms with van der Waals surface area (Å²) in [6.45, 7) is 1.68. The molecule has 118 valence electrons. The summed E-state index contributed by atoms with van der Waals surface area (Å²) in [6.07, 6.45) is 1.25. The van der Waals surface area contributed by atoms with Gasteiger partial charge in [-0.3, -0.25) is 14.5 Å². The molecule has 0 radical (unpaired) electrons. The Hall–Kier alpha value is -2.51. The molecule has 23 heavy (non-hydrogen) atoms. The lowest BCUT2D eigenvalue weighted by Gasteiger charge is -2.13. The van der Waals surface area contributed by atoms with Crippen molar-refractivity contribution >= 4 is 28.8 Å². The van der Waals surface area contributed by atoms with Crippen LogP contribution >= 0.6 is 11.3 Å². The summed E-state index contributed by atoms with van der Waals surface area (Å²) in [4.78, 5) is 29.3. The van der Waals surface area contributed by atoms with Crippen LogP contribution in [0.25, 0.3) is 10.6 Å². The zero-order valence-electron chi connectivity index (χ0n) is 12.4. The highest BCUT2D eigenvalue weighted by Crippen LogP contribution is 2.27. The van der Waals surface area contributed by atoms with Gasteiger partial charge in [0.05, 0.1) is 13.2 Å². The quantitative estimate of drug-likeness (QED) is 0.817. The van der Waals surface area contributed by atoms with E-state index < -0.39 is 11.8 Å². The molecule has 6 nitrogen and oxygen atoms in total. The summed E-state index contributed by atoms with van der Waals surface area (Å²) < 4.78 is 0. The Balaban J connectivity index is 1.80. The molecule has 0 fully saturated rings. The molecule has 1 aromatic heterocycles. The molecule has 2 N–H and O–H groups in total. The molecule has 3 rings (SSSR count). The van der Waals surface area contributed by atoms with Crippen LogP contribution in [0.5, 0.6) is 0 Å². The maximum absolute atomic E-state index is 12.1. The van der Waals surface area contributed by atoms with Gasteiger partial charge in [0.2, 0.25) is 0 Å². The van der Waals surface area contributed by atoms with E-state index in [1.165, 1.54) is 6.08 Å². The third kappa shape index (κ3) is 3.15. The number of thiazole rings is 1. The predicted molar refractivity (Wildman–Crippen MR) is 87.8 cm³/mol. The zero-order valence-corrected chi connectivity index (χ0v) is 13.3. The van der Waals surface area contributed by atoms with Crippen LogP contribution in [0.2, 0.25) is 0 Å². The predicted octanol–water partition coefficient (Wildman–Crippen LogP) is 1.78. The molecular weight excluding hydrogens is 314 g/mol. The maximum Gasteiger partial charge on any atom is 0.277 e. The van der Waals surface area contributed by atoms with Gasteiger partial charge >= 0.3 is 0 Å². The number of aromatic nitrogens is 1. The number of anilines is 1. The number of β-amino-alcohol motifs (C(OH)–C–C–N with tert-alkyl or cyclic N) is 1. The van der Waals surface area contributed by atoms with Gasteiger partial charge in [-0.1, -0.05) is 12.1 Å². The fourth-order valence-electron chi connectivity index (χ4n) is 2.28. The second-order valence-corrected chi connectivity index (χ2v) is 5.93. The van der Waals surface area contributed by atoms with Gasteiger partial charge in [0, 0.05) is 28.4 Å².